The molecule has 0 N–H and O–H groups in total. The largest absolute Gasteiger partial charge is 0.497 e. The number of nitriles is 1. The minimum absolute atomic E-state index is 0.504. The summed E-state index contributed by atoms with van der Waals surface area (Å²) in [5.74, 6) is 0.790. The standard InChI is InChI=1S/C15H18N4O/c1-3-8-15(9-16,10-19-12-17-11-18-19)13-4-6-14(20-2)7-5-13/h4-7,11-12H,3,8,10H2,1-2H3. The number of rotatable bonds is 6. The first kappa shape index (κ1) is 14.1. The molecule has 0 bridgehead atoms. The zero-order valence-electron chi connectivity index (χ0n) is 11.8. The molecule has 1 atom stereocenters. The summed E-state index contributed by atoms with van der Waals surface area (Å²) in [5, 5.41) is 13.9. The third kappa shape index (κ3) is 2.80. The monoisotopic (exact) mass is 270 g/mol. The van der Waals surface area contributed by atoms with E-state index < -0.39 is 5.41 Å². The Kier molecular flexibility index (Phi) is 4.36. The topological polar surface area (TPSA) is 63.7 Å². The van der Waals surface area contributed by atoms with Crippen molar-refractivity contribution in [1.29, 1.82) is 5.26 Å². The van der Waals surface area contributed by atoms with E-state index in [2.05, 4.69) is 23.1 Å². The van der Waals surface area contributed by atoms with E-state index in [0.717, 1.165) is 24.2 Å². The lowest BCUT2D eigenvalue weighted by Crippen LogP contribution is -2.30. The normalized spacial score (nSPS) is 13.4. The number of aromatic nitrogens is 3. The molecule has 1 unspecified atom stereocenters. The summed E-state index contributed by atoms with van der Waals surface area (Å²) >= 11 is 0. The first-order valence-electron chi connectivity index (χ1n) is 6.62. The van der Waals surface area contributed by atoms with Crippen molar-refractivity contribution < 1.29 is 4.74 Å². The highest BCUT2D eigenvalue weighted by molar-refractivity contribution is 5.36. The van der Waals surface area contributed by atoms with Crippen molar-refractivity contribution >= 4 is 0 Å². The summed E-state index contributed by atoms with van der Waals surface area (Å²) in [6, 6.07) is 10.2. The second kappa shape index (κ2) is 6.20. The van der Waals surface area contributed by atoms with Crippen LogP contribution in [-0.2, 0) is 12.0 Å². The molecule has 20 heavy (non-hydrogen) atoms. The Balaban J connectivity index is 2.36. The van der Waals surface area contributed by atoms with Gasteiger partial charge in [-0.1, -0.05) is 25.5 Å². The maximum atomic E-state index is 9.74. The highest BCUT2D eigenvalue weighted by Gasteiger charge is 2.32. The number of benzene rings is 1. The fourth-order valence-corrected chi connectivity index (χ4v) is 2.40. The van der Waals surface area contributed by atoms with E-state index in [1.54, 1.807) is 18.1 Å². The number of ether oxygens (including phenoxy) is 1. The summed E-state index contributed by atoms with van der Waals surface area (Å²) in [6.45, 7) is 2.58. The van der Waals surface area contributed by atoms with Gasteiger partial charge in [0.05, 0.1) is 19.7 Å². The second-order valence-electron chi connectivity index (χ2n) is 4.77. The van der Waals surface area contributed by atoms with Gasteiger partial charge in [0.15, 0.2) is 0 Å². The van der Waals surface area contributed by atoms with E-state index in [-0.39, 0.29) is 0 Å². The van der Waals surface area contributed by atoms with Crippen LogP contribution >= 0.6 is 0 Å². The van der Waals surface area contributed by atoms with Gasteiger partial charge < -0.3 is 4.74 Å². The Morgan fingerprint density at radius 3 is 2.60 bits per heavy atom. The maximum Gasteiger partial charge on any atom is 0.137 e. The van der Waals surface area contributed by atoms with Gasteiger partial charge in [-0.05, 0) is 24.1 Å². The van der Waals surface area contributed by atoms with Gasteiger partial charge in [-0.2, -0.15) is 10.4 Å². The van der Waals surface area contributed by atoms with Crippen molar-refractivity contribution in [2.45, 2.75) is 31.7 Å². The SMILES string of the molecule is CCCC(C#N)(Cn1cncn1)c1ccc(OC)cc1. The Bertz CT molecular complexity index is 571. The van der Waals surface area contributed by atoms with E-state index in [1.807, 2.05) is 24.3 Å². The maximum absolute atomic E-state index is 9.74. The molecule has 2 aromatic rings. The van der Waals surface area contributed by atoms with Gasteiger partial charge in [-0.3, -0.25) is 4.68 Å². The fraction of sp³-hybridized carbons (Fsp3) is 0.400. The first-order chi connectivity index (χ1) is 9.74. The van der Waals surface area contributed by atoms with Gasteiger partial charge in [0.1, 0.15) is 23.8 Å². The molecule has 0 amide bonds. The van der Waals surface area contributed by atoms with E-state index in [4.69, 9.17) is 4.74 Å². The number of methoxy groups -OCH3 is 1. The zero-order chi connectivity index (χ0) is 14.4. The Morgan fingerprint density at radius 1 is 1.35 bits per heavy atom. The Morgan fingerprint density at radius 2 is 2.10 bits per heavy atom. The molecule has 0 aliphatic carbocycles. The Hall–Kier alpha value is -2.35. The van der Waals surface area contributed by atoms with Crippen LogP contribution in [0.25, 0.3) is 0 Å². The summed E-state index contributed by atoms with van der Waals surface area (Å²) < 4.78 is 6.88. The lowest BCUT2D eigenvalue weighted by Gasteiger charge is -2.26. The predicted octanol–water partition coefficient (Wildman–Crippen LogP) is 2.55. The van der Waals surface area contributed by atoms with E-state index in [0.29, 0.717) is 6.54 Å². The van der Waals surface area contributed by atoms with Crippen LogP contribution in [0.2, 0.25) is 0 Å². The minimum atomic E-state index is -0.589. The van der Waals surface area contributed by atoms with Crippen molar-refractivity contribution in [1.82, 2.24) is 14.8 Å². The molecule has 0 saturated heterocycles. The predicted molar refractivity (Wildman–Crippen MR) is 75.2 cm³/mol. The number of nitrogens with zero attached hydrogens (tertiary/aromatic N) is 4. The van der Waals surface area contributed by atoms with E-state index >= 15 is 0 Å². The van der Waals surface area contributed by atoms with Crippen LogP contribution in [0.15, 0.2) is 36.9 Å². The van der Waals surface area contributed by atoms with Gasteiger partial charge in [0.2, 0.25) is 0 Å². The third-order valence-electron chi connectivity index (χ3n) is 3.43. The summed E-state index contributed by atoms with van der Waals surface area (Å²) in [6.07, 6.45) is 4.83. The van der Waals surface area contributed by atoms with Crippen molar-refractivity contribution in [2.75, 3.05) is 7.11 Å². The van der Waals surface area contributed by atoms with Crippen LogP contribution in [0, 0.1) is 11.3 Å². The van der Waals surface area contributed by atoms with Crippen LogP contribution in [0.1, 0.15) is 25.3 Å². The highest BCUT2D eigenvalue weighted by atomic mass is 16.5. The molecular weight excluding hydrogens is 252 g/mol. The van der Waals surface area contributed by atoms with Crippen LogP contribution < -0.4 is 4.74 Å². The van der Waals surface area contributed by atoms with Crippen molar-refractivity contribution in [3.8, 4) is 11.8 Å². The van der Waals surface area contributed by atoms with Gasteiger partial charge in [0, 0.05) is 0 Å². The average molecular weight is 270 g/mol. The van der Waals surface area contributed by atoms with Crippen LogP contribution in [0.5, 0.6) is 5.75 Å². The first-order valence-corrected chi connectivity index (χ1v) is 6.62. The van der Waals surface area contributed by atoms with Gasteiger partial charge in [-0.15, -0.1) is 0 Å². The Labute approximate surface area is 118 Å². The molecule has 2 rings (SSSR count). The molecule has 0 aliphatic rings. The van der Waals surface area contributed by atoms with Crippen molar-refractivity contribution in [3.05, 3.63) is 42.5 Å². The molecule has 0 spiro atoms. The molecule has 0 radical (unpaired) electrons. The molecular formula is C15H18N4O. The molecule has 1 heterocycles. The summed E-state index contributed by atoms with van der Waals surface area (Å²) in [4.78, 5) is 3.94. The molecule has 0 aliphatic heterocycles. The number of hydrogen-bond acceptors (Lipinski definition) is 4. The third-order valence-corrected chi connectivity index (χ3v) is 3.43. The molecule has 5 heteroatoms. The quantitative estimate of drug-likeness (QED) is 0.809. The summed E-state index contributed by atoms with van der Waals surface area (Å²) in [5.41, 5.74) is 0.396. The minimum Gasteiger partial charge on any atom is -0.497 e. The second-order valence-corrected chi connectivity index (χ2v) is 4.77. The van der Waals surface area contributed by atoms with Crippen LogP contribution in [0.3, 0.4) is 0 Å². The summed E-state index contributed by atoms with van der Waals surface area (Å²) in [7, 11) is 1.63. The highest BCUT2D eigenvalue weighted by Crippen LogP contribution is 2.31. The van der Waals surface area contributed by atoms with E-state index in [1.165, 1.54) is 6.33 Å². The lowest BCUT2D eigenvalue weighted by atomic mass is 9.78. The van der Waals surface area contributed by atoms with Crippen molar-refractivity contribution in [2.24, 2.45) is 0 Å². The molecule has 104 valence electrons. The van der Waals surface area contributed by atoms with Crippen LogP contribution in [0.4, 0.5) is 0 Å². The van der Waals surface area contributed by atoms with E-state index in [9.17, 15) is 5.26 Å². The molecule has 1 aromatic heterocycles. The number of hydrogen-bond donors (Lipinski definition) is 0. The molecule has 1 aromatic carbocycles. The molecule has 0 fully saturated rings. The molecule has 0 saturated carbocycles. The smallest absolute Gasteiger partial charge is 0.137 e. The zero-order valence-corrected chi connectivity index (χ0v) is 11.8. The van der Waals surface area contributed by atoms with Crippen molar-refractivity contribution in [3.63, 3.8) is 0 Å². The average Bonchev–Trinajstić information content (AvgIpc) is 2.99. The lowest BCUT2D eigenvalue weighted by molar-refractivity contribution is 0.395. The van der Waals surface area contributed by atoms with Crippen LogP contribution in [-0.4, -0.2) is 21.9 Å². The van der Waals surface area contributed by atoms with Gasteiger partial charge >= 0.3 is 0 Å². The fourth-order valence-electron chi connectivity index (χ4n) is 2.40. The molecule has 5 nitrogen and oxygen atoms in total. The van der Waals surface area contributed by atoms with Gasteiger partial charge in [0.25, 0.3) is 0 Å². The van der Waals surface area contributed by atoms with Gasteiger partial charge in [-0.25, -0.2) is 4.98 Å².